The van der Waals surface area contributed by atoms with Gasteiger partial charge in [-0.05, 0) is 140 Å². The molecule has 0 N–H and O–H groups in total. The summed E-state index contributed by atoms with van der Waals surface area (Å²) in [7, 11) is 0. The van der Waals surface area contributed by atoms with Crippen LogP contribution in [-0.4, -0.2) is 4.57 Å². The van der Waals surface area contributed by atoms with Crippen LogP contribution in [0.3, 0.4) is 0 Å². The fourth-order valence-corrected chi connectivity index (χ4v) is 10.5. The topological polar surface area (TPSA) is 14.7 Å². The van der Waals surface area contributed by atoms with Crippen LogP contribution in [-0.2, 0) is 0 Å². The molecule has 2 aromatic heterocycles. The molecule has 0 saturated heterocycles. The van der Waals surface area contributed by atoms with Gasteiger partial charge in [0.1, 0.15) is 0 Å². The van der Waals surface area contributed by atoms with Gasteiger partial charge in [-0.3, -0.25) is 0 Å². The lowest BCUT2D eigenvalue weighted by atomic mass is 10.1. The van der Waals surface area contributed by atoms with Gasteiger partial charge >= 0.3 is 0 Å². The molecule has 4 nitrogen and oxygen atoms in total. The number of para-hydroxylation sites is 6. The Bertz CT molecular complexity index is 3460. The molecule has 10 aromatic carbocycles. The van der Waals surface area contributed by atoms with Gasteiger partial charge in [0, 0.05) is 87.8 Å². The van der Waals surface area contributed by atoms with Crippen molar-refractivity contribution in [3.05, 3.63) is 255 Å². The number of fused-ring (bicyclic) bond motifs is 6. The molecule has 65 heavy (non-hydrogen) atoms. The standard InChI is InChI=1S/C60H42N4S/c1-7-19-43(20-8-1)61(44-21-9-2-10-22-44)49-31-33-50(34-32-49)64-57-40-52(63(47-27-15-5-16-28-47)48-29-17-6-18-30-48)35-37-53(57)54-42-60-56(41-58(54)64)55-39-51(36-38-59(55)65-60)62(45-23-11-3-12-24-45)46-25-13-4-14-26-46/h1-42H. The highest BCUT2D eigenvalue weighted by Gasteiger charge is 2.21. The van der Waals surface area contributed by atoms with E-state index in [1.54, 1.807) is 0 Å². The predicted octanol–water partition coefficient (Wildman–Crippen LogP) is 17.6. The summed E-state index contributed by atoms with van der Waals surface area (Å²) in [6, 6.07) is 91.6. The Kier molecular flexibility index (Phi) is 9.66. The van der Waals surface area contributed by atoms with Crippen molar-refractivity contribution in [2.75, 3.05) is 14.7 Å². The first-order chi connectivity index (χ1) is 32.2. The summed E-state index contributed by atoms with van der Waals surface area (Å²) in [6.45, 7) is 0. The molecule has 0 fully saturated rings. The quantitative estimate of drug-likeness (QED) is 0.136. The molecule has 0 spiro atoms. The first-order valence-corrected chi connectivity index (χ1v) is 22.8. The summed E-state index contributed by atoms with van der Waals surface area (Å²) in [5, 5.41) is 4.93. The van der Waals surface area contributed by atoms with E-state index >= 15 is 0 Å². The van der Waals surface area contributed by atoms with Crippen molar-refractivity contribution in [3.8, 4) is 5.69 Å². The highest BCUT2D eigenvalue weighted by Crippen LogP contribution is 2.46. The van der Waals surface area contributed by atoms with Gasteiger partial charge in [0.25, 0.3) is 0 Å². The highest BCUT2D eigenvalue weighted by atomic mass is 32.1. The maximum Gasteiger partial charge on any atom is 0.0561 e. The Morgan fingerprint density at radius 1 is 0.246 bits per heavy atom. The van der Waals surface area contributed by atoms with Crippen LogP contribution < -0.4 is 14.7 Å². The van der Waals surface area contributed by atoms with Crippen molar-refractivity contribution in [3.63, 3.8) is 0 Å². The molecule has 0 atom stereocenters. The Hall–Kier alpha value is -8.38. The van der Waals surface area contributed by atoms with Crippen LogP contribution in [0.25, 0.3) is 47.7 Å². The van der Waals surface area contributed by atoms with Gasteiger partial charge in [-0.2, -0.15) is 0 Å². The number of hydrogen-bond acceptors (Lipinski definition) is 4. The van der Waals surface area contributed by atoms with E-state index in [4.69, 9.17) is 0 Å². The zero-order valence-corrected chi connectivity index (χ0v) is 36.3. The van der Waals surface area contributed by atoms with E-state index in [1.165, 1.54) is 36.5 Å². The smallest absolute Gasteiger partial charge is 0.0561 e. The van der Waals surface area contributed by atoms with Gasteiger partial charge in [-0.1, -0.05) is 115 Å². The first kappa shape index (κ1) is 38.3. The van der Waals surface area contributed by atoms with Crippen molar-refractivity contribution >= 4 is 105 Å². The molecule has 5 heteroatoms. The molecule has 0 aliphatic carbocycles. The van der Waals surface area contributed by atoms with Crippen LogP contribution in [0.5, 0.6) is 0 Å². The van der Waals surface area contributed by atoms with Gasteiger partial charge in [0.2, 0.25) is 0 Å². The average Bonchev–Trinajstić information content (AvgIpc) is 3.89. The third-order valence-corrected chi connectivity index (χ3v) is 13.4. The number of aromatic nitrogens is 1. The fourth-order valence-electron chi connectivity index (χ4n) is 9.37. The number of rotatable bonds is 10. The summed E-state index contributed by atoms with van der Waals surface area (Å²) in [6.07, 6.45) is 0. The van der Waals surface area contributed by atoms with Gasteiger partial charge in [-0.25, -0.2) is 0 Å². The Labute approximate surface area is 382 Å². The second kappa shape index (κ2) is 16.4. The Morgan fingerprint density at radius 2 is 0.600 bits per heavy atom. The third kappa shape index (κ3) is 6.96. The lowest BCUT2D eigenvalue weighted by molar-refractivity contribution is 1.17. The van der Waals surface area contributed by atoms with E-state index in [0.29, 0.717) is 0 Å². The van der Waals surface area contributed by atoms with E-state index in [2.05, 4.69) is 274 Å². The van der Waals surface area contributed by atoms with Crippen molar-refractivity contribution < 1.29 is 0 Å². The third-order valence-electron chi connectivity index (χ3n) is 12.3. The average molecular weight is 851 g/mol. The largest absolute Gasteiger partial charge is 0.311 e. The molecule has 0 radical (unpaired) electrons. The van der Waals surface area contributed by atoms with Gasteiger partial charge in [0.05, 0.1) is 11.0 Å². The summed E-state index contributed by atoms with van der Waals surface area (Å²) in [4.78, 5) is 7.01. The summed E-state index contributed by atoms with van der Waals surface area (Å²) >= 11 is 1.86. The molecular formula is C60H42N4S. The normalized spacial score (nSPS) is 11.4. The van der Waals surface area contributed by atoms with E-state index in [1.807, 2.05) is 11.3 Å². The van der Waals surface area contributed by atoms with Crippen molar-refractivity contribution in [2.24, 2.45) is 0 Å². The van der Waals surface area contributed by atoms with Crippen molar-refractivity contribution in [1.82, 2.24) is 4.57 Å². The minimum absolute atomic E-state index is 1.09. The monoisotopic (exact) mass is 850 g/mol. The van der Waals surface area contributed by atoms with E-state index in [-0.39, 0.29) is 0 Å². The number of thiophene rings is 1. The van der Waals surface area contributed by atoms with Crippen LogP contribution in [0.15, 0.2) is 255 Å². The summed E-state index contributed by atoms with van der Waals surface area (Å²) in [5.41, 5.74) is 13.4. The second-order valence-electron chi connectivity index (χ2n) is 16.2. The molecule has 12 rings (SSSR count). The molecule has 308 valence electrons. The maximum atomic E-state index is 2.47. The van der Waals surface area contributed by atoms with Crippen LogP contribution in [0.1, 0.15) is 0 Å². The van der Waals surface area contributed by atoms with Gasteiger partial charge in [-0.15, -0.1) is 11.3 Å². The molecular weight excluding hydrogens is 809 g/mol. The molecule has 0 bridgehead atoms. The number of nitrogens with zero attached hydrogens (tertiary/aromatic N) is 4. The van der Waals surface area contributed by atoms with E-state index < -0.39 is 0 Å². The zero-order valence-electron chi connectivity index (χ0n) is 35.4. The number of hydrogen-bond donors (Lipinski definition) is 0. The SMILES string of the molecule is c1ccc(N(c2ccccc2)c2ccc(-n3c4cc(N(c5ccccc5)c5ccccc5)ccc4c4cc5sc6ccc(N(c7ccccc7)c7ccccc7)cc6c5cc43)cc2)cc1. The van der Waals surface area contributed by atoms with E-state index in [9.17, 15) is 0 Å². The Morgan fingerprint density at radius 3 is 1.06 bits per heavy atom. The molecule has 0 saturated carbocycles. The predicted molar refractivity (Wildman–Crippen MR) is 278 cm³/mol. The van der Waals surface area contributed by atoms with Crippen molar-refractivity contribution in [2.45, 2.75) is 0 Å². The molecule has 0 amide bonds. The number of anilines is 9. The first-order valence-electron chi connectivity index (χ1n) is 22.0. The van der Waals surface area contributed by atoms with Crippen LogP contribution in [0.2, 0.25) is 0 Å². The second-order valence-corrected chi connectivity index (χ2v) is 17.3. The zero-order chi connectivity index (χ0) is 43.1. The summed E-state index contributed by atoms with van der Waals surface area (Å²) < 4.78 is 5.00. The van der Waals surface area contributed by atoms with Gasteiger partial charge < -0.3 is 19.3 Å². The van der Waals surface area contributed by atoms with Crippen LogP contribution in [0.4, 0.5) is 51.2 Å². The minimum Gasteiger partial charge on any atom is -0.311 e. The maximum absolute atomic E-state index is 2.47. The lowest BCUT2D eigenvalue weighted by Crippen LogP contribution is -2.10. The minimum atomic E-state index is 1.09. The van der Waals surface area contributed by atoms with E-state index in [0.717, 1.165) is 62.4 Å². The van der Waals surface area contributed by atoms with Crippen molar-refractivity contribution in [1.29, 1.82) is 0 Å². The van der Waals surface area contributed by atoms with Crippen LogP contribution >= 0.6 is 11.3 Å². The molecule has 0 aliphatic rings. The molecule has 12 aromatic rings. The lowest BCUT2D eigenvalue weighted by Gasteiger charge is -2.26. The van der Waals surface area contributed by atoms with Crippen LogP contribution in [0, 0.1) is 0 Å². The highest BCUT2D eigenvalue weighted by molar-refractivity contribution is 7.25. The molecule has 0 unspecified atom stereocenters. The molecule has 2 heterocycles. The number of benzene rings is 10. The van der Waals surface area contributed by atoms with Gasteiger partial charge in [0.15, 0.2) is 0 Å². The fraction of sp³-hybridized carbons (Fsp3) is 0. The Balaban J connectivity index is 1.08. The molecule has 0 aliphatic heterocycles. The summed E-state index contributed by atoms with van der Waals surface area (Å²) in [5.74, 6) is 0.